The van der Waals surface area contributed by atoms with E-state index in [4.69, 9.17) is 5.11 Å². The van der Waals surface area contributed by atoms with Gasteiger partial charge in [0, 0.05) is 11.8 Å². The molecule has 0 saturated heterocycles. The first kappa shape index (κ1) is 11.8. The molecule has 0 aliphatic carbocycles. The zero-order chi connectivity index (χ0) is 11.3. The number of aliphatic carboxylic acids is 1. The van der Waals surface area contributed by atoms with Crippen molar-refractivity contribution >= 4 is 23.8 Å². The lowest BCUT2D eigenvalue weighted by Gasteiger charge is -2.03. The van der Waals surface area contributed by atoms with Crippen LogP contribution >= 0.6 is 11.8 Å². The molecule has 80 valence electrons. The van der Waals surface area contributed by atoms with E-state index < -0.39 is 5.97 Å². The number of thioether (sulfide) groups is 1. The highest BCUT2D eigenvalue weighted by atomic mass is 32.2. The van der Waals surface area contributed by atoms with Gasteiger partial charge in [0.1, 0.15) is 5.82 Å². The molecule has 0 bridgehead atoms. The molecule has 1 aromatic rings. The van der Waals surface area contributed by atoms with Crippen LogP contribution in [0.15, 0.2) is 24.3 Å². The minimum Gasteiger partial charge on any atom is -0.478 e. The Hall–Kier alpha value is -1.29. The standard InChI is InChI=1S/C11H11FO2S/c1-15-7-9-2-4-10(12)6-8(9)3-5-11(13)14/h2-6H,7H2,1H3,(H,13,14)/b5-3+. The summed E-state index contributed by atoms with van der Waals surface area (Å²) in [5.74, 6) is -0.654. The van der Waals surface area contributed by atoms with Crippen LogP contribution in [0.3, 0.4) is 0 Å². The lowest BCUT2D eigenvalue weighted by Crippen LogP contribution is -1.90. The first-order valence-electron chi connectivity index (χ1n) is 4.32. The van der Waals surface area contributed by atoms with Crippen molar-refractivity contribution < 1.29 is 14.3 Å². The van der Waals surface area contributed by atoms with Crippen LogP contribution in [-0.4, -0.2) is 17.3 Å². The fourth-order valence-corrected chi connectivity index (χ4v) is 1.74. The second-order valence-electron chi connectivity index (χ2n) is 2.95. The molecule has 0 aromatic heterocycles. The molecule has 0 amide bonds. The van der Waals surface area contributed by atoms with Gasteiger partial charge in [0.2, 0.25) is 0 Å². The monoisotopic (exact) mass is 226 g/mol. The van der Waals surface area contributed by atoms with Crippen molar-refractivity contribution in [3.63, 3.8) is 0 Å². The molecule has 1 aromatic carbocycles. The van der Waals surface area contributed by atoms with E-state index in [2.05, 4.69) is 0 Å². The van der Waals surface area contributed by atoms with Crippen molar-refractivity contribution in [3.8, 4) is 0 Å². The third-order valence-corrected chi connectivity index (χ3v) is 2.41. The Morgan fingerprint density at radius 2 is 2.33 bits per heavy atom. The van der Waals surface area contributed by atoms with Crippen molar-refractivity contribution in [1.29, 1.82) is 0 Å². The average molecular weight is 226 g/mol. The van der Waals surface area contributed by atoms with Crippen LogP contribution in [0.2, 0.25) is 0 Å². The van der Waals surface area contributed by atoms with Crippen LogP contribution in [0.5, 0.6) is 0 Å². The molecule has 15 heavy (non-hydrogen) atoms. The number of carboxylic acids is 1. The number of carbonyl (C=O) groups is 1. The van der Waals surface area contributed by atoms with Crippen LogP contribution < -0.4 is 0 Å². The molecule has 0 fully saturated rings. The minimum absolute atomic E-state index is 0.357. The molecule has 0 aliphatic heterocycles. The van der Waals surface area contributed by atoms with Gasteiger partial charge in [0.05, 0.1) is 0 Å². The number of hydrogen-bond acceptors (Lipinski definition) is 2. The lowest BCUT2D eigenvalue weighted by molar-refractivity contribution is -0.131. The van der Waals surface area contributed by atoms with Crippen molar-refractivity contribution in [2.24, 2.45) is 0 Å². The molecule has 4 heteroatoms. The summed E-state index contributed by atoms with van der Waals surface area (Å²) < 4.78 is 12.9. The third kappa shape index (κ3) is 3.75. The molecule has 0 aliphatic rings. The number of benzene rings is 1. The first-order valence-corrected chi connectivity index (χ1v) is 5.71. The van der Waals surface area contributed by atoms with Crippen molar-refractivity contribution in [1.82, 2.24) is 0 Å². The van der Waals surface area contributed by atoms with E-state index >= 15 is 0 Å². The van der Waals surface area contributed by atoms with E-state index in [-0.39, 0.29) is 5.82 Å². The van der Waals surface area contributed by atoms with Crippen molar-refractivity contribution in [2.45, 2.75) is 5.75 Å². The molecule has 0 saturated carbocycles. The predicted molar refractivity (Wildman–Crippen MR) is 60.3 cm³/mol. The summed E-state index contributed by atoms with van der Waals surface area (Å²) in [6, 6.07) is 4.39. The zero-order valence-electron chi connectivity index (χ0n) is 8.24. The van der Waals surface area contributed by atoms with E-state index in [1.54, 1.807) is 17.8 Å². The predicted octanol–water partition coefficient (Wildman–Crippen LogP) is 2.79. The Labute approximate surface area is 91.8 Å². The van der Waals surface area contributed by atoms with Gasteiger partial charge in [0.15, 0.2) is 0 Å². The Morgan fingerprint density at radius 3 is 2.93 bits per heavy atom. The molecule has 1 rings (SSSR count). The van der Waals surface area contributed by atoms with Crippen LogP contribution in [0.25, 0.3) is 6.08 Å². The Morgan fingerprint density at radius 1 is 1.60 bits per heavy atom. The highest BCUT2D eigenvalue weighted by Gasteiger charge is 2.01. The summed E-state index contributed by atoms with van der Waals surface area (Å²) in [4.78, 5) is 10.3. The van der Waals surface area contributed by atoms with Gasteiger partial charge in [-0.15, -0.1) is 0 Å². The van der Waals surface area contributed by atoms with Gasteiger partial charge >= 0.3 is 5.97 Å². The first-order chi connectivity index (χ1) is 7.13. The van der Waals surface area contributed by atoms with Crippen LogP contribution in [0.4, 0.5) is 4.39 Å². The Bertz CT molecular complexity index is 388. The van der Waals surface area contributed by atoms with Gasteiger partial charge in [-0.3, -0.25) is 0 Å². The van der Waals surface area contributed by atoms with Crippen molar-refractivity contribution in [2.75, 3.05) is 6.26 Å². The fourth-order valence-electron chi connectivity index (χ4n) is 1.17. The summed E-state index contributed by atoms with van der Waals surface area (Å²) in [5.41, 5.74) is 1.55. The molecular weight excluding hydrogens is 215 g/mol. The summed E-state index contributed by atoms with van der Waals surface area (Å²) in [5, 5.41) is 8.48. The number of rotatable bonds is 4. The third-order valence-electron chi connectivity index (χ3n) is 1.81. The zero-order valence-corrected chi connectivity index (χ0v) is 9.05. The maximum atomic E-state index is 12.9. The number of hydrogen-bond donors (Lipinski definition) is 1. The van der Waals surface area contributed by atoms with E-state index in [1.807, 2.05) is 6.26 Å². The van der Waals surface area contributed by atoms with Crippen molar-refractivity contribution in [3.05, 3.63) is 41.2 Å². The normalized spacial score (nSPS) is 10.8. The SMILES string of the molecule is CSCc1ccc(F)cc1/C=C/C(=O)O. The van der Waals surface area contributed by atoms with Gasteiger partial charge in [-0.05, 0) is 35.6 Å². The maximum absolute atomic E-state index is 12.9. The topological polar surface area (TPSA) is 37.3 Å². The molecule has 0 radical (unpaired) electrons. The molecule has 1 N–H and O–H groups in total. The van der Waals surface area contributed by atoms with Gasteiger partial charge in [-0.1, -0.05) is 6.07 Å². The number of carboxylic acid groups (broad SMARTS) is 1. The maximum Gasteiger partial charge on any atom is 0.328 e. The second-order valence-corrected chi connectivity index (χ2v) is 3.81. The van der Waals surface area contributed by atoms with E-state index in [0.29, 0.717) is 5.56 Å². The van der Waals surface area contributed by atoms with Gasteiger partial charge in [-0.2, -0.15) is 11.8 Å². The highest BCUT2D eigenvalue weighted by Crippen LogP contribution is 2.17. The molecule has 0 unspecified atom stereocenters. The van der Waals surface area contributed by atoms with Crippen LogP contribution in [0, 0.1) is 5.82 Å². The van der Waals surface area contributed by atoms with Gasteiger partial charge in [0.25, 0.3) is 0 Å². The summed E-state index contributed by atoms with van der Waals surface area (Å²) >= 11 is 1.61. The Kier molecular flexibility index (Phi) is 4.37. The molecule has 2 nitrogen and oxygen atoms in total. The molecule has 0 spiro atoms. The Balaban J connectivity index is 3.01. The number of halogens is 1. The summed E-state index contributed by atoms with van der Waals surface area (Å²) in [6.07, 6.45) is 4.36. The average Bonchev–Trinajstić information content (AvgIpc) is 2.18. The molecule has 0 atom stereocenters. The highest BCUT2D eigenvalue weighted by molar-refractivity contribution is 7.97. The van der Waals surface area contributed by atoms with Gasteiger partial charge < -0.3 is 5.11 Å². The summed E-state index contributed by atoms with van der Waals surface area (Å²) in [7, 11) is 0. The van der Waals surface area contributed by atoms with Gasteiger partial charge in [-0.25, -0.2) is 9.18 Å². The molecular formula is C11H11FO2S. The fraction of sp³-hybridized carbons (Fsp3) is 0.182. The smallest absolute Gasteiger partial charge is 0.328 e. The largest absolute Gasteiger partial charge is 0.478 e. The second kappa shape index (κ2) is 5.56. The van der Waals surface area contributed by atoms with Crippen LogP contribution in [-0.2, 0) is 10.5 Å². The van der Waals surface area contributed by atoms with E-state index in [1.165, 1.54) is 18.2 Å². The quantitative estimate of drug-likeness (QED) is 0.802. The van der Waals surface area contributed by atoms with Crippen LogP contribution in [0.1, 0.15) is 11.1 Å². The summed E-state index contributed by atoms with van der Waals surface area (Å²) in [6.45, 7) is 0. The van der Waals surface area contributed by atoms with E-state index in [0.717, 1.165) is 17.4 Å². The van der Waals surface area contributed by atoms with E-state index in [9.17, 15) is 9.18 Å². The molecule has 0 heterocycles. The minimum atomic E-state index is -1.03. The lowest BCUT2D eigenvalue weighted by atomic mass is 10.1.